The van der Waals surface area contributed by atoms with E-state index in [9.17, 15) is 9.59 Å². The highest BCUT2D eigenvalue weighted by molar-refractivity contribution is 8.01. The molecule has 1 heterocycles. The molecule has 0 saturated carbocycles. The van der Waals surface area contributed by atoms with Crippen molar-refractivity contribution in [3.8, 4) is 11.3 Å². The number of nitrogens with zero attached hydrogens (tertiary/aromatic N) is 1. The Morgan fingerprint density at radius 3 is 2.58 bits per heavy atom. The molecule has 0 aliphatic rings. The van der Waals surface area contributed by atoms with E-state index < -0.39 is 11.3 Å². The van der Waals surface area contributed by atoms with Gasteiger partial charge in [0.25, 0.3) is 0 Å². The number of halogens is 1. The number of benzene rings is 1. The molecule has 3 N–H and O–H groups in total. The minimum Gasteiger partial charge on any atom is -0.369 e. The number of rotatable bonds is 7. The van der Waals surface area contributed by atoms with E-state index in [0.717, 1.165) is 5.56 Å². The molecule has 2 amide bonds. The fraction of sp³-hybridized carbons (Fsp3) is 0.312. The van der Waals surface area contributed by atoms with E-state index in [0.29, 0.717) is 15.0 Å². The Kier molecular flexibility index (Phi) is 6.26. The van der Waals surface area contributed by atoms with Crippen LogP contribution in [0.1, 0.15) is 13.8 Å². The van der Waals surface area contributed by atoms with Gasteiger partial charge in [-0.3, -0.25) is 9.59 Å². The van der Waals surface area contributed by atoms with E-state index in [1.807, 2.05) is 30.3 Å². The number of nitrogens with two attached hydrogens (primary N) is 1. The van der Waals surface area contributed by atoms with Gasteiger partial charge in [0.15, 0.2) is 4.34 Å². The summed E-state index contributed by atoms with van der Waals surface area (Å²) in [6, 6.07) is 9.55. The maximum absolute atomic E-state index is 12.4. The topological polar surface area (TPSA) is 85.1 Å². The minimum absolute atomic E-state index is 0.141. The molecule has 0 radical (unpaired) electrons. The summed E-state index contributed by atoms with van der Waals surface area (Å²) in [6.45, 7) is 3.56. The van der Waals surface area contributed by atoms with E-state index in [4.69, 9.17) is 17.3 Å². The average molecular weight is 384 g/mol. The normalized spacial score (nSPS) is 11.3. The summed E-state index contributed by atoms with van der Waals surface area (Å²) < 4.78 is 0.673. The summed E-state index contributed by atoms with van der Waals surface area (Å²) in [4.78, 5) is 27.9. The Bertz CT molecular complexity index is 732. The molecule has 2 aromatic rings. The molecule has 0 aliphatic carbocycles. The molecule has 0 atom stereocenters. The monoisotopic (exact) mass is 383 g/mol. The van der Waals surface area contributed by atoms with Gasteiger partial charge in [-0.05, 0) is 13.8 Å². The summed E-state index contributed by atoms with van der Waals surface area (Å²) in [5.74, 6) is -0.237. The van der Waals surface area contributed by atoms with Crippen molar-refractivity contribution in [2.24, 2.45) is 11.1 Å². The number of thioether (sulfide) groups is 1. The van der Waals surface area contributed by atoms with Crippen LogP contribution >= 0.6 is 34.7 Å². The third-order valence-corrected chi connectivity index (χ3v) is 5.97. The summed E-state index contributed by atoms with van der Waals surface area (Å²) in [7, 11) is 0. The SMILES string of the molecule is CC(C)(CCl)C(=O)Nc1sc(SCC(N)=O)nc1-c1ccccc1. The number of primary amides is 1. The van der Waals surface area contributed by atoms with Gasteiger partial charge in [0.05, 0.1) is 11.2 Å². The molecular formula is C16H18ClN3O2S2. The van der Waals surface area contributed by atoms with Crippen molar-refractivity contribution < 1.29 is 9.59 Å². The van der Waals surface area contributed by atoms with Crippen molar-refractivity contribution >= 4 is 51.5 Å². The molecule has 8 heteroatoms. The number of thiazole rings is 1. The maximum Gasteiger partial charge on any atom is 0.231 e. The molecule has 128 valence electrons. The van der Waals surface area contributed by atoms with E-state index in [1.165, 1.54) is 23.1 Å². The molecule has 0 fully saturated rings. The molecule has 0 unspecified atom stereocenters. The van der Waals surface area contributed by atoms with Crippen molar-refractivity contribution in [3.63, 3.8) is 0 Å². The van der Waals surface area contributed by atoms with Crippen LogP contribution in [-0.4, -0.2) is 28.4 Å². The fourth-order valence-electron chi connectivity index (χ4n) is 1.70. The first-order valence-corrected chi connectivity index (χ1v) is 9.52. The van der Waals surface area contributed by atoms with Gasteiger partial charge >= 0.3 is 0 Å². The zero-order valence-corrected chi connectivity index (χ0v) is 15.7. The second-order valence-corrected chi connectivity index (χ2v) is 8.24. The molecule has 1 aromatic carbocycles. The van der Waals surface area contributed by atoms with E-state index in [2.05, 4.69) is 10.3 Å². The number of amides is 2. The van der Waals surface area contributed by atoms with Gasteiger partial charge < -0.3 is 11.1 Å². The van der Waals surface area contributed by atoms with Crippen LogP contribution in [0.5, 0.6) is 0 Å². The highest BCUT2D eigenvalue weighted by Gasteiger charge is 2.28. The first kappa shape index (κ1) is 18.8. The molecule has 1 aromatic heterocycles. The summed E-state index contributed by atoms with van der Waals surface area (Å²) in [5, 5.41) is 3.55. The lowest BCUT2D eigenvalue weighted by Crippen LogP contribution is -2.32. The lowest BCUT2D eigenvalue weighted by Gasteiger charge is -2.19. The first-order chi connectivity index (χ1) is 11.3. The zero-order chi connectivity index (χ0) is 17.7. The Balaban J connectivity index is 2.33. The third-order valence-electron chi connectivity index (χ3n) is 3.17. The highest BCUT2D eigenvalue weighted by Crippen LogP contribution is 2.38. The van der Waals surface area contributed by atoms with E-state index >= 15 is 0 Å². The van der Waals surface area contributed by atoms with Gasteiger partial charge in [0.2, 0.25) is 11.8 Å². The van der Waals surface area contributed by atoms with Crippen LogP contribution in [0.25, 0.3) is 11.3 Å². The van der Waals surface area contributed by atoms with Gasteiger partial charge in [0.1, 0.15) is 10.7 Å². The van der Waals surface area contributed by atoms with Gasteiger partial charge in [-0.15, -0.1) is 11.6 Å². The van der Waals surface area contributed by atoms with Crippen LogP contribution in [0.3, 0.4) is 0 Å². The molecule has 5 nitrogen and oxygen atoms in total. The number of hydrogen-bond acceptors (Lipinski definition) is 5. The van der Waals surface area contributed by atoms with Crippen LogP contribution in [0.15, 0.2) is 34.7 Å². The first-order valence-electron chi connectivity index (χ1n) is 7.18. The van der Waals surface area contributed by atoms with Crippen molar-refractivity contribution in [1.29, 1.82) is 0 Å². The fourth-order valence-corrected chi connectivity index (χ4v) is 3.63. The molecular weight excluding hydrogens is 366 g/mol. The predicted molar refractivity (Wildman–Crippen MR) is 101 cm³/mol. The Hall–Kier alpha value is -1.57. The van der Waals surface area contributed by atoms with Gasteiger partial charge in [0, 0.05) is 11.4 Å². The molecule has 0 spiro atoms. The van der Waals surface area contributed by atoms with Crippen LogP contribution < -0.4 is 11.1 Å². The number of anilines is 1. The van der Waals surface area contributed by atoms with Crippen molar-refractivity contribution in [2.45, 2.75) is 18.2 Å². The smallest absolute Gasteiger partial charge is 0.231 e. The largest absolute Gasteiger partial charge is 0.369 e. The maximum atomic E-state index is 12.4. The summed E-state index contributed by atoms with van der Waals surface area (Å²) in [5.41, 5.74) is 6.05. The summed E-state index contributed by atoms with van der Waals surface area (Å²) >= 11 is 8.45. The second kappa shape index (κ2) is 8.00. The quantitative estimate of drug-likeness (QED) is 0.565. The molecule has 2 rings (SSSR count). The Labute approximate surface area is 154 Å². The number of nitrogens with one attached hydrogen (secondary N) is 1. The molecule has 0 saturated heterocycles. The average Bonchev–Trinajstić information content (AvgIpc) is 2.96. The van der Waals surface area contributed by atoms with E-state index in [1.54, 1.807) is 13.8 Å². The van der Waals surface area contributed by atoms with Crippen LogP contribution in [0.4, 0.5) is 5.00 Å². The number of alkyl halides is 1. The van der Waals surface area contributed by atoms with Gasteiger partial charge in [-0.25, -0.2) is 4.98 Å². The van der Waals surface area contributed by atoms with Crippen molar-refractivity contribution in [1.82, 2.24) is 4.98 Å². The molecule has 0 aliphatic heterocycles. The Morgan fingerprint density at radius 1 is 1.33 bits per heavy atom. The lowest BCUT2D eigenvalue weighted by atomic mass is 9.95. The van der Waals surface area contributed by atoms with E-state index in [-0.39, 0.29) is 17.5 Å². The van der Waals surface area contributed by atoms with Crippen LogP contribution in [-0.2, 0) is 9.59 Å². The predicted octanol–water partition coefficient (Wildman–Crippen LogP) is 3.59. The van der Waals surface area contributed by atoms with Crippen molar-refractivity contribution in [3.05, 3.63) is 30.3 Å². The van der Waals surface area contributed by atoms with Crippen LogP contribution in [0.2, 0.25) is 0 Å². The standard InChI is InChI=1S/C16H18ClN3O2S2/c1-16(2,9-17)14(22)20-13-12(10-6-4-3-5-7-10)19-15(24-13)23-8-11(18)21/h3-7H,8-9H2,1-2H3,(H2,18,21)(H,20,22). The van der Waals surface area contributed by atoms with Gasteiger partial charge in [-0.1, -0.05) is 53.4 Å². The highest BCUT2D eigenvalue weighted by atomic mass is 35.5. The van der Waals surface area contributed by atoms with Crippen LogP contribution in [0, 0.1) is 5.41 Å². The minimum atomic E-state index is -0.694. The number of aromatic nitrogens is 1. The number of carbonyl (C=O) groups is 2. The van der Waals surface area contributed by atoms with Gasteiger partial charge in [-0.2, -0.15) is 0 Å². The number of carbonyl (C=O) groups excluding carboxylic acids is 2. The molecule has 24 heavy (non-hydrogen) atoms. The second-order valence-electron chi connectivity index (χ2n) is 5.75. The Morgan fingerprint density at radius 2 is 2.00 bits per heavy atom. The summed E-state index contributed by atoms with van der Waals surface area (Å²) in [6.07, 6.45) is 0. The molecule has 0 bridgehead atoms. The third kappa shape index (κ3) is 4.72. The lowest BCUT2D eigenvalue weighted by molar-refractivity contribution is -0.123. The van der Waals surface area contributed by atoms with Crippen molar-refractivity contribution in [2.75, 3.05) is 16.9 Å². The zero-order valence-electron chi connectivity index (χ0n) is 13.3. The number of hydrogen-bond donors (Lipinski definition) is 2.